The standard InChI is InChI=1S/C13H11F2N5/c1-16-11-4-2-3-8(19-11)10-5-18-12-6-17-9(13(14)15)7-20(10)12/h2-7,13H,1H3,(H,16,19). The molecule has 0 unspecified atom stereocenters. The zero-order chi connectivity index (χ0) is 14.1. The third kappa shape index (κ3) is 2.07. The second-order valence-electron chi connectivity index (χ2n) is 4.14. The maximum Gasteiger partial charge on any atom is 0.281 e. The lowest BCUT2D eigenvalue weighted by Crippen LogP contribution is -1.98. The molecule has 0 bridgehead atoms. The highest BCUT2D eigenvalue weighted by molar-refractivity contribution is 5.61. The first-order chi connectivity index (χ1) is 9.69. The predicted molar refractivity (Wildman–Crippen MR) is 70.7 cm³/mol. The molecule has 3 heterocycles. The van der Waals surface area contributed by atoms with Crippen LogP contribution < -0.4 is 5.32 Å². The number of pyridine rings is 1. The molecule has 0 aliphatic heterocycles. The summed E-state index contributed by atoms with van der Waals surface area (Å²) in [4.78, 5) is 12.2. The Kier molecular flexibility index (Phi) is 3.02. The number of hydrogen-bond donors (Lipinski definition) is 1. The number of anilines is 1. The van der Waals surface area contributed by atoms with Crippen molar-refractivity contribution in [3.05, 3.63) is 42.5 Å². The zero-order valence-corrected chi connectivity index (χ0v) is 10.6. The summed E-state index contributed by atoms with van der Waals surface area (Å²) in [5.41, 5.74) is 1.50. The molecule has 5 nitrogen and oxygen atoms in total. The Morgan fingerprint density at radius 1 is 1.20 bits per heavy atom. The predicted octanol–water partition coefficient (Wildman–Crippen LogP) is 2.77. The van der Waals surface area contributed by atoms with E-state index in [1.807, 2.05) is 12.1 Å². The van der Waals surface area contributed by atoms with Crippen molar-refractivity contribution in [2.24, 2.45) is 0 Å². The first-order valence-electron chi connectivity index (χ1n) is 5.95. The SMILES string of the molecule is CNc1cccc(-c2cnc3cnc(C(F)F)cn23)n1. The smallest absolute Gasteiger partial charge is 0.281 e. The summed E-state index contributed by atoms with van der Waals surface area (Å²) >= 11 is 0. The van der Waals surface area contributed by atoms with Crippen LogP contribution in [0.4, 0.5) is 14.6 Å². The first-order valence-corrected chi connectivity index (χ1v) is 5.95. The van der Waals surface area contributed by atoms with Gasteiger partial charge in [-0.1, -0.05) is 6.07 Å². The van der Waals surface area contributed by atoms with Crippen LogP contribution in [0.15, 0.2) is 36.8 Å². The van der Waals surface area contributed by atoms with E-state index in [4.69, 9.17) is 0 Å². The molecule has 0 atom stereocenters. The molecule has 0 spiro atoms. The molecule has 0 aliphatic carbocycles. The molecule has 1 N–H and O–H groups in total. The van der Waals surface area contributed by atoms with Crippen molar-refractivity contribution in [1.82, 2.24) is 19.4 Å². The molecular formula is C13H11F2N5. The van der Waals surface area contributed by atoms with Gasteiger partial charge in [0.15, 0.2) is 5.65 Å². The lowest BCUT2D eigenvalue weighted by Gasteiger charge is -2.05. The highest BCUT2D eigenvalue weighted by Gasteiger charge is 2.13. The van der Waals surface area contributed by atoms with Gasteiger partial charge in [0.2, 0.25) is 0 Å². The number of fused-ring (bicyclic) bond motifs is 1. The van der Waals surface area contributed by atoms with E-state index < -0.39 is 6.43 Å². The Labute approximate surface area is 113 Å². The van der Waals surface area contributed by atoms with Crippen LogP contribution in [-0.2, 0) is 0 Å². The highest BCUT2D eigenvalue weighted by atomic mass is 19.3. The Hall–Kier alpha value is -2.57. The molecule has 0 saturated carbocycles. The van der Waals surface area contributed by atoms with E-state index in [1.54, 1.807) is 23.7 Å². The lowest BCUT2D eigenvalue weighted by atomic mass is 10.3. The summed E-state index contributed by atoms with van der Waals surface area (Å²) in [7, 11) is 1.76. The first kappa shape index (κ1) is 12.5. The second-order valence-corrected chi connectivity index (χ2v) is 4.14. The number of hydrogen-bond acceptors (Lipinski definition) is 4. The van der Waals surface area contributed by atoms with Crippen molar-refractivity contribution < 1.29 is 8.78 Å². The van der Waals surface area contributed by atoms with E-state index in [1.165, 1.54) is 12.4 Å². The minimum absolute atomic E-state index is 0.290. The molecule has 3 aromatic heterocycles. The quantitative estimate of drug-likeness (QED) is 0.798. The molecular weight excluding hydrogens is 264 g/mol. The molecule has 3 rings (SSSR count). The number of nitrogens with zero attached hydrogens (tertiary/aromatic N) is 4. The van der Waals surface area contributed by atoms with E-state index in [-0.39, 0.29) is 5.69 Å². The van der Waals surface area contributed by atoms with E-state index >= 15 is 0 Å². The summed E-state index contributed by atoms with van der Waals surface area (Å²) in [6.07, 6.45) is 1.59. The normalized spacial score (nSPS) is 11.2. The molecule has 0 saturated heterocycles. The molecule has 3 aromatic rings. The summed E-state index contributed by atoms with van der Waals surface area (Å²) in [5.74, 6) is 0.695. The van der Waals surface area contributed by atoms with Gasteiger partial charge in [0.05, 0.1) is 23.8 Å². The average molecular weight is 275 g/mol. The van der Waals surface area contributed by atoms with Gasteiger partial charge in [-0.25, -0.2) is 23.7 Å². The van der Waals surface area contributed by atoms with Crippen LogP contribution in [0.25, 0.3) is 17.0 Å². The van der Waals surface area contributed by atoms with Gasteiger partial charge >= 0.3 is 0 Å². The van der Waals surface area contributed by atoms with Crippen LogP contribution >= 0.6 is 0 Å². The minimum atomic E-state index is -2.62. The Morgan fingerprint density at radius 3 is 2.80 bits per heavy atom. The number of alkyl halides is 2. The molecule has 0 aliphatic rings. The fourth-order valence-corrected chi connectivity index (χ4v) is 1.92. The zero-order valence-electron chi connectivity index (χ0n) is 10.6. The van der Waals surface area contributed by atoms with E-state index in [9.17, 15) is 8.78 Å². The maximum atomic E-state index is 12.7. The van der Waals surface area contributed by atoms with Gasteiger partial charge in [0.25, 0.3) is 6.43 Å². The Bertz CT molecular complexity index is 753. The third-order valence-corrected chi connectivity index (χ3v) is 2.91. The van der Waals surface area contributed by atoms with Crippen molar-refractivity contribution in [1.29, 1.82) is 0 Å². The van der Waals surface area contributed by atoms with Gasteiger partial charge in [-0.2, -0.15) is 0 Å². The fraction of sp³-hybridized carbons (Fsp3) is 0.154. The molecule has 0 fully saturated rings. The van der Waals surface area contributed by atoms with Gasteiger partial charge in [-0.05, 0) is 12.1 Å². The van der Waals surface area contributed by atoms with E-state index in [2.05, 4.69) is 20.3 Å². The molecule has 0 amide bonds. The molecule has 102 valence electrons. The van der Waals surface area contributed by atoms with Gasteiger partial charge in [-0.15, -0.1) is 0 Å². The van der Waals surface area contributed by atoms with Crippen LogP contribution in [0.3, 0.4) is 0 Å². The summed E-state index contributed by atoms with van der Waals surface area (Å²) < 4.78 is 27.0. The topological polar surface area (TPSA) is 55.1 Å². The number of halogens is 2. The van der Waals surface area contributed by atoms with Gasteiger partial charge < -0.3 is 5.32 Å². The van der Waals surface area contributed by atoms with E-state index in [0.717, 1.165) is 0 Å². The monoisotopic (exact) mass is 275 g/mol. The van der Waals surface area contributed by atoms with Crippen molar-refractivity contribution in [2.75, 3.05) is 12.4 Å². The lowest BCUT2D eigenvalue weighted by molar-refractivity contribution is 0.145. The van der Waals surface area contributed by atoms with Crippen LogP contribution in [0, 0.1) is 0 Å². The summed E-state index contributed by atoms with van der Waals surface area (Å²) in [5, 5.41) is 2.93. The summed E-state index contributed by atoms with van der Waals surface area (Å²) in [6, 6.07) is 5.45. The Balaban J connectivity index is 2.17. The number of aromatic nitrogens is 4. The molecule has 20 heavy (non-hydrogen) atoms. The van der Waals surface area contributed by atoms with Gasteiger partial charge in [0, 0.05) is 13.2 Å². The largest absolute Gasteiger partial charge is 0.373 e. The molecule has 7 heteroatoms. The fourth-order valence-electron chi connectivity index (χ4n) is 1.92. The van der Waals surface area contributed by atoms with Crippen molar-refractivity contribution in [3.8, 4) is 11.4 Å². The number of rotatable bonds is 3. The van der Waals surface area contributed by atoms with Crippen LogP contribution in [0.1, 0.15) is 12.1 Å². The highest BCUT2D eigenvalue weighted by Crippen LogP contribution is 2.22. The van der Waals surface area contributed by atoms with Crippen LogP contribution in [0.5, 0.6) is 0 Å². The molecule has 0 radical (unpaired) electrons. The summed E-state index contributed by atoms with van der Waals surface area (Å²) in [6.45, 7) is 0. The van der Waals surface area contributed by atoms with Gasteiger partial charge in [0.1, 0.15) is 11.5 Å². The Morgan fingerprint density at radius 2 is 2.05 bits per heavy atom. The molecule has 0 aromatic carbocycles. The second kappa shape index (κ2) is 4.84. The van der Waals surface area contributed by atoms with Crippen LogP contribution in [0.2, 0.25) is 0 Å². The van der Waals surface area contributed by atoms with Crippen molar-refractivity contribution in [2.45, 2.75) is 6.43 Å². The van der Waals surface area contributed by atoms with E-state index in [0.29, 0.717) is 22.9 Å². The van der Waals surface area contributed by atoms with Gasteiger partial charge in [-0.3, -0.25) is 4.40 Å². The average Bonchev–Trinajstić information content (AvgIpc) is 2.90. The van der Waals surface area contributed by atoms with Crippen molar-refractivity contribution in [3.63, 3.8) is 0 Å². The van der Waals surface area contributed by atoms with Crippen molar-refractivity contribution >= 4 is 11.5 Å². The number of nitrogens with one attached hydrogen (secondary N) is 1. The minimum Gasteiger partial charge on any atom is -0.373 e. The number of imidazole rings is 1. The van der Waals surface area contributed by atoms with Crippen LogP contribution in [-0.4, -0.2) is 26.4 Å². The third-order valence-electron chi connectivity index (χ3n) is 2.91. The maximum absolute atomic E-state index is 12.7.